The lowest BCUT2D eigenvalue weighted by atomic mass is 10.0. The van der Waals surface area contributed by atoms with E-state index in [1.807, 2.05) is 0 Å². The van der Waals surface area contributed by atoms with E-state index in [1.54, 1.807) is 0 Å². The van der Waals surface area contributed by atoms with Crippen LogP contribution in [0.5, 0.6) is 0 Å². The van der Waals surface area contributed by atoms with Crippen molar-refractivity contribution in [1.82, 2.24) is 10.2 Å². The average Bonchev–Trinajstić information content (AvgIpc) is 2.24. The molecule has 1 saturated heterocycles. The van der Waals surface area contributed by atoms with Crippen molar-refractivity contribution < 1.29 is 0 Å². The van der Waals surface area contributed by atoms with Gasteiger partial charge in [-0.15, -0.1) is 0 Å². The smallest absolute Gasteiger partial charge is 0.0237 e. The lowest BCUT2D eigenvalue weighted by Crippen LogP contribution is -2.48. The van der Waals surface area contributed by atoms with Gasteiger partial charge in [0, 0.05) is 32.2 Å². The highest BCUT2D eigenvalue weighted by Gasteiger charge is 2.15. The van der Waals surface area contributed by atoms with Crippen molar-refractivity contribution in [2.75, 3.05) is 19.6 Å². The lowest BCUT2D eigenvalue weighted by molar-refractivity contribution is 0.199. The molecule has 16 heavy (non-hydrogen) atoms. The topological polar surface area (TPSA) is 15.3 Å². The van der Waals surface area contributed by atoms with Crippen molar-refractivity contribution in [1.29, 1.82) is 0 Å². The van der Waals surface area contributed by atoms with Gasteiger partial charge in [0.2, 0.25) is 0 Å². The molecule has 0 radical (unpaired) electrons. The molecule has 1 aromatic carbocycles. The number of hydrogen-bond donors (Lipinski definition) is 1. The summed E-state index contributed by atoms with van der Waals surface area (Å²) < 4.78 is 0. The Bertz CT molecular complexity index is 360. The number of nitrogens with zero attached hydrogens (tertiary/aromatic N) is 1. The van der Waals surface area contributed by atoms with Gasteiger partial charge in [0.05, 0.1) is 0 Å². The van der Waals surface area contributed by atoms with Gasteiger partial charge in [-0.05, 0) is 31.9 Å². The highest BCUT2D eigenvalue weighted by Crippen LogP contribution is 2.14. The van der Waals surface area contributed by atoms with Gasteiger partial charge in [-0.1, -0.05) is 23.8 Å². The zero-order valence-electron chi connectivity index (χ0n) is 10.6. The summed E-state index contributed by atoms with van der Waals surface area (Å²) in [4.78, 5) is 2.54. The summed E-state index contributed by atoms with van der Waals surface area (Å²) in [6.45, 7) is 11.2. The maximum Gasteiger partial charge on any atom is 0.0237 e. The molecule has 1 atom stereocenters. The molecule has 0 aliphatic carbocycles. The molecule has 88 valence electrons. The number of hydrogen-bond acceptors (Lipinski definition) is 2. The Labute approximate surface area is 98.7 Å². The van der Waals surface area contributed by atoms with Gasteiger partial charge in [0.25, 0.3) is 0 Å². The minimum atomic E-state index is 0.624. The van der Waals surface area contributed by atoms with Crippen molar-refractivity contribution in [3.8, 4) is 0 Å². The zero-order valence-corrected chi connectivity index (χ0v) is 10.6. The first-order valence-corrected chi connectivity index (χ1v) is 6.17. The second kappa shape index (κ2) is 4.98. The SMILES string of the molecule is Cc1ccc(C)c(CN2CCN[C@@H](C)C2)c1. The summed E-state index contributed by atoms with van der Waals surface area (Å²) in [7, 11) is 0. The molecule has 1 aromatic rings. The number of benzene rings is 1. The molecule has 2 rings (SSSR count). The second-order valence-corrected chi connectivity index (χ2v) is 5.02. The summed E-state index contributed by atoms with van der Waals surface area (Å²) >= 11 is 0. The molecular formula is C14H22N2. The maximum absolute atomic E-state index is 3.48. The van der Waals surface area contributed by atoms with Gasteiger partial charge in [0.1, 0.15) is 0 Å². The van der Waals surface area contributed by atoms with Crippen LogP contribution in [0.15, 0.2) is 18.2 Å². The zero-order chi connectivity index (χ0) is 11.5. The normalized spacial score (nSPS) is 22.3. The summed E-state index contributed by atoms with van der Waals surface area (Å²) in [5.41, 5.74) is 4.26. The standard InChI is InChI=1S/C14H22N2/c1-11-4-5-12(2)14(8-11)10-16-7-6-15-13(3)9-16/h4-5,8,13,15H,6-7,9-10H2,1-3H3/t13-/m0/s1. The van der Waals surface area contributed by atoms with Gasteiger partial charge in [-0.3, -0.25) is 4.90 Å². The number of aryl methyl sites for hydroxylation is 2. The molecule has 0 saturated carbocycles. The molecule has 1 aliphatic rings. The van der Waals surface area contributed by atoms with E-state index in [9.17, 15) is 0 Å². The molecular weight excluding hydrogens is 196 g/mol. The lowest BCUT2D eigenvalue weighted by Gasteiger charge is -2.32. The summed E-state index contributed by atoms with van der Waals surface area (Å²) in [6.07, 6.45) is 0. The van der Waals surface area contributed by atoms with Crippen molar-refractivity contribution in [3.05, 3.63) is 34.9 Å². The van der Waals surface area contributed by atoms with Crippen LogP contribution >= 0.6 is 0 Å². The third-order valence-electron chi connectivity index (χ3n) is 3.35. The molecule has 1 fully saturated rings. The molecule has 0 unspecified atom stereocenters. The van der Waals surface area contributed by atoms with Crippen molar-refractivity contribution >= 4 is 0 Å². The fraction of sp³-hybridized carbons (Fsp3) is 0.571. The van der Waals surface area contributed by atoms with Crippen LogP contribution in [0.4, 0.5) is 0 Å². The second-order valence-electron chi connectivity index (χ2n) is 5.02. The molecule has 2 heteroatoms. The Hall–Kier alpha value is -0.860. The Morgan fingerprint density at radius 1 is 1.38 bits per heavy atom. The van der Waals surface area contributed by atoms with Crippen molar-refractivity contribution in [2.24, 2.45) is 0 Å². The Balaban J connectivity index is 2.05. The Kier molecular flexibility index (Phi) is 3.62. The van der Waals surface area contributed by atoms with Crippen LogP contribution < -0.4 is 5.32 Å². The molecule has 0 bridgehead atoms. The summed E-state index contributed by atoms with van der Waals surface area (Å²) in [5.74, 6) is 0. The predicted molar refractivity (Wildman–Crippen MR) is 68.7 cm³/mol. The van der Waals surface area contributed by atoms with Crippen LogP contribution in [-0.2, 0) is 6.54 Å². The first-order valence-electron chi connectivity index (χ1n) is 6.17. The molecule has 1 N–H and O–H groups in total. The minimum Gasteiger partial charge on any atom is -0.312 e. The van der Waals surface area contributed by atoms with Gasteiger partial charge in [-0.2, -0.15) is 0 Å². The van der Waals surface area contributed by atoms with Crippen molar-refractivity contribution in [3.63, 3.8) is 0 Å². The van der Waals surface area contributed by atoms with E-state index in [-0.39, 0.29) is 0 Å². The Morgan fingerprint density at radius 2 is 2.19 bits per heavy atom. The third kappa shape index (κ3) is 2.83. The fourth-order valence-electron chi connectivity index (χ4n) is 2.37. The summed E-state index contributed by atoms with van der Waals surface area (Å²) in [6, 6.07) is 7.37. The third-order valence-corrected chi connectivity index (χ3v) is 3.35. The highest BCUT2D eigenvalue weighted by atomic mass is 15.2. The molecule has 0 spiro atoms. The molecule has 1 heterocycles. The van der Waals surface area contributed by atoms with E-state index >= 15 is 0 Å². The molecule has 1 aliphatic heterocycles. The fourth-order valence-corrected chi connectivity index (χ4v) is 2.37. The van der Waals surface area contributed by atoms with Crippen molar-refractivity contribution in [2.45, 2.75) is 33.4 Å². The van der Waals surface area contributed by atoms with E-state index in [2.05, 4.69) is 49.2 Å². The monoisotopic (exact) mass is 218 g/mol. The number of piperazine rings is 1. The predicted octanol–water partition coefficient (Wildman–Crippen LogP) is 2.10. The van der Waals surface area contributed by atoms with Gasteiger partial charge in [0.15, 0.2) is 0 Å². The van der Waals surface area contributed by atoms with E-state index < -0.39 is 0 Å². The first kappa shape index (κ1) is 11.6. The first-order chi connectivity index (χ1) is 7.65. The molecule has 2 nitrogen and oxygen atoms in total. The largest absolute Gasteiger partial charge is 0.312 e. The average molecular weight is 218 g/mol. The van der Waals surface area contributed by atoms with Crippen LogP contribution in [0.3, 0.4) is 0 Å². The van der Waals surface area contributed by atoms with Crippen LogP contribution in [0.2, 0.25) is 0 Å². The van der Waals surface area contributed by atoms with E-state index in [0.717, 1.165) is 26.2 Å². The minimum absolute atomic E-state index is 0.624. The molecule has 0 aromatic heterocycles. The van der Waals surface area contributed by atoms with Gasteiger partial charge >= 0.3 is 0 Å². The number of nitrogens with one attached hydrogen (secondary N) is 1. The summed E-state index contributed by atoms with van der Waals surface area (Å²) in [5, 5.41) is 3.48. The Morgan fingerprint density at radius 3 is 2.94 bits per heavy atom. The molecule has 0 amide bonds. The van der Waals surface area contributed by atoms with Gasteiger partial charge in [-0.25, -0.2) is 0 Å². The van der Waals surface area contributed by atoms with Crippen LogP contribution in [0, 0.1) is 13.8 Å². The van der Waals surface area contributed by atoms with Gasteiger partial charge < -0.3 is 5.32 Å². The quantitative estimate of drug-likeness (QED) is 0.818. The number of rotatable bonds is 2. The van der Waals surface area contributed by atoms with Crippen LogP contribution in [0.25, 0.3) is 0 Å². The maximum atomic E-state index is 3.48. The van der Waals surface area contributed by atoms with E-state index in [1.165, 1.54) is 16.7 Å². The highest BCUT2D eigenvalue weighted by molar-refractivity contribution is 5.30. The van der Waals surface area contributed by atoms with Crippen LogP contribution in [0.1, 0.15) is 23.6 Å². The van der Waals surface area contributed by atoms with Crippen LogP contribution in [-0.4, -0.2) is 30.6 Å². The van der Waals surface area contributed by atoms with E-state index in [0.29, 0.717) is 6.04 Å². The van der Waals surface area contributed by atoms with E-state index in [4.69, 9.17) is 0 Å².